The Balaban J connectivity index is 0. The largest absolute Gasteiger partial charge is 0.0955 e. The minimum absolute atomic E-state index is 0.910. The molecule has 0 atom stereocenters. The summed E-state index contributed by atoms with van der Waals surface area (Å²) >= 11 is 0. The van der Waals surface area contributed by atoms with Gasteiger partial charge in [-0.3, -0.25) is 0 Å². The van der Waals surface area contributed by atoms with Crippen LogP contribution in [0, 0.1) is 0 Å². The molecule has 0 heterocycles. The molecule has 1 aromatic carbocycles. The fourth-order valence-electron chi connectivity index (χ4n) is 1.88. The molecule has 0 amide bonds. The molecule has 0 spiro atoms. The third-order valence-corrected chi connectivity index (χ3v) is 3.68. The van der Waals surface area contributed by atoms with E-state index >= 15 is 0 Å². The molecular formula is C27H38. The van der Waals surface area contributed by atoms with Crippen molar-refractivity contribution in [3.8, 4) is 0 Å². The number of benzene rings is 1. The molecule has 146 valence electrons. The summed E-state index contributed by atoms with van der Waals surface area (Å²) in [6, 6.07) is 8.27. The van der Waals surface area contributed by atoms with Crippen molar-refractivity contribution in [1.29, 1.82) is 0 Å². The van der Waals surface area contributed by atoms with Gasteiger partial charge in [-0.05, 0) is 54.2 Å². The number of hydrogen-bond acceptors (Lipinski definition) is 0. The Hall–Kier alpha value is -2.60. The monoisotopic (exact) mass is 362 g/mol. The molecule has 0 fully saturated rings. The van der Waals surface area contributed by atoms with E-state index in [4.69, 9.17) is 0 Å². The van der Waals surface area contributed by atoms with E-state index < -0.39 is 0 Å². The first-order chi connectivity index (χ1) is 12.7. The Kier molecular flexibility index (Phi) is 14.4. The number of allylic oxidation sites excluding steroid dienone is 9. The molecule has 0 aliphatic rings. The second-order valence-electron chi connectivity index (χ2n) is 5.87. The Morgan fingerprint density at radius 2 is 1.07 bits per heavy atom. The summed E-state index contributed by atoms with van der Waals surface area (Å²) in [6.45, 7) is 34.0. The van der Waals surface area contributed by atoms with Crippen LogP contribution in [0.25, 0.3) is 11.1 Å². The zero-order valence-corrected chi connectivity index (χ0v) is 18.6. The average Bonchev–Trinajstić information content (AvgIpc) is 2.68. The van der Waals surface area contributed by atoms with Crippen molar-refractivity contribution in [2.24, 2.45) is 0 Å². The lowest BCUT2D eigenvalue weighted by Crippen LogP contribution is -1.85. The van der Waals surface area contributed by atoms with Crippen molar-refractivity contribution < 1.29 is 0 Å². The van der Waals surface area contributed by atoms with E-state index in [1.165, 1.54) is 0 Å². The van der Waals surface area contributed by atoms with Crippen LogP contribution < -0.4 is 0 Å². The lowest BCUT2D eigenvalue weighted by atomic mass is 9.99. The van der Waals surface area contributed by atoms with Gasteiger partial charge in [-0.15, -0.1) is 0 Å². The molecule has 0 aliphatic carbocycles. The predicted molar refractivity (Wildman–Crippen MR) is 129 cm³/mol. The first-order valence-electron chi connectivity index (χ1n) is 9.58. The van der Waals surface area contributed by atoms with Crippen LogP contribution in [0.2, 0.25) is 0 Å². The maximum absolute atomic E-state index is 4.15. The fraction of sp³-hybridized carbons (Fsp3) is 0.259. The lowest BCUT2D eigenvalue weighted by Gasteiger charge is -2.06. The minimum atomic E-state index is 0.910. The van der Waals surface area contributed by atoms with Gasteiger partial charge in [0.25, 0.3) is 0 Å². The van der Waals surface area contributed by atoms with Crippen LogP contribution in [-0.4, -0.2) is 0 Å². The first kappa shape index (κ1) is 26.6. The van der Waals surface area contributed by atoms with Crippen molar-refractivity contribution in [3.05, 3.63) is 109 Å². The molecule has 0 nitrogen and oxygen atoms in total. The van der Waals surface area contributed by atoms with E-state index in [0.29, 0.717) is 0 Å². The molecule has 27 heavy (non-hydrogen) atoms. The molecule has 1 aromatic rings. The highest BCUT2D eigenvalue weighted by molar-refractivity contribution is 5.75. The molecular weight excluding hydrogens is 324 g/mol. The summed E-state index contributed by atoms with van der Waals surface area (Å²) in [7, 11) is 0. The van der Waals surface area contributed by atoms with E-state index in [1.54, 1.807) is 0 Å². The molecule has 0 aromatic heterocycles. The van der Waals surface area contributed by atoms with Crippen molar-refractivity contribution in [3.63, 3.8) is 0 Å². The molecule has 0 heteroatoms. The Bertz CT molecular complexity index is 716. The standard InChI is InChI=1S/C23H26.2C2H6/c1-16(2)18(5)9-10-19(6)20(7)15-21(8)23-13-11-22(12-14-23)17(3)4;2*1-2/h9-15H,1,3,5-6,8H2,2,4,7H3;2*1-2H3/b10-9-,20-15+;;. The van der Waals surface area contributed by atoms with Gasteiger partial charge in [0, 0.05) is 0 Å². The van der Waals surface area contributed by atoms with Crippen LogP contribution >= 0.6 is 0 Å². The van der Waals surface area contributed by atoms with Gasteiger partial charge >= 0.3 is 0 Å². The summed E-state index contributed by atoms with van der Waals surface area (Å²) in [5, 5.41) is 0. The van der Waals surface area contributed by atoms with Gasteiger partial charge in [-0.2, -0.15) is 0 Å². The third kappa shape index (κ3) is 10.2. The van der Waals surface area contributed by atoms with Crippen molar-refractivity contribution in [2.75, 3.05) is 0 Å². The molecule has 0 bridgehead atoms. The lowest BCUT2D eigenvalue weighted by molar-refractivity contribution is 1.42. The maximum atomic E-state index is 4.15. The predicted octanol–water partition coefficient (Wildman–Crippen LogP) is 8.98. The van der Waals surface area contributed by atoms with Gasteiger partial charge in [0.1, 0.15) is 0 Å². The molecule has 1 rings (SSSR count). The van der Waals surface area contributed by atoms with Crippen LogP contribution in [0.3, 0.4) is 0 Å². The highest BCUT2D eigenvalue weighted by Crippen LogP contribution is 2.21. The number of rotatable bonds is 7. The maximum Gasteiger partial charge on any atom is -0.0189 e. The zero-order valence-electron chi connectivity index (χ0n) is 18.6. The molecule has 0 radical (unpaired) electrons. The summed E-state index contributed by atoms with van der Waals surface area (Å²) in [6.07, 6.45) is 5.94. The van der Waals surface area contributed by atoms with Crippen LogP contribution in [0.15, 0.2) is 97.7 Å². The van der Waals surface area contributed by atoms with Crippen LogP contribution in [-0.2, 0) is 0 Å². The van der Waals surface area contributed by atoms with Gasteiger partial charge in [0.2, 0.25) is 0 Å². The highest BCUT2D eigenvalue weighted by atomic mass is 14.1. The van der Waals surface area contributed by atoms with Gasteiger partial charge in [-0.1, -0.05) is 114 Å². The van der Waals surface area contributed by atoms with Crippen molar-refractivity contribution in [1.82, 2.24) is 0 Å². The SMILES string of the molecule is C=C(C)C(=C)/C=C\C(=C)/C(C)=C/C(=C)c1ccc(C(=C)C)cc1.CC.CC. The molecule has 0 N–H and O–H groups in total. The van der Waals surface area contributed by atoms with Crippen molar-refractivity contribution in [2.45, 2.75) is 48.5 Å². The minimum Gasteiger partial charge on any atom is -0.0955 e. The summed E-state index contributed by atoms with van der Waals surface area (Å²) < 4.78 is 0. The van der Waals surface area contributed by atoms with Crippen LogP contribution in [0.4, 0.5) is 0 Å². The van der Waals surface area contributed by atoms with Gasteiger partial charge in [0.15, 0.2) is 0 Å². The highest BCUT2D eigenvalue weighted by Gasteiger charge is 2.00. The van der Waals surface area contributed by atoms with Crippen molar-refractivity contribution >= 4 is 11.1 Å². The van der Waals surface area contributed by atoms with E-state index in [2.05, 4.69) is 57.2 Å². The van der Waals surface area contributed by atoms with E-state index in [9.17, 15) is 0 Å². The Morgan fingerprint density at radius 1 is 0.667 bits per heavy atom. The third-order valence-electron chi connectivity index (χ3n) is 3.68. The van der Waals surface area contributed by atoms with E-state index in [0.717, 1.165) is 44.6 Å². The molecule has 0 aliphatic heterocycles. The second-order valence-corrected chi connectivity index (χ2v) is 5.87. The Morgan fingerprint density at radius 3 is 1.48 bits per heavy atom. The normalized spacial score (nSPS) is 10.1. The summed E-state index contributed by atoms with van der Waals surface area (Å²) in [5.74, 6) is 0. The van der Waals surface area contributed by atoms with Crippen LogP contribution in [0.1, 0.15) is 59.6 Å². The number of hydrogen-bond donors (Lipinski definition) is 0. The quantitative estimate of drug-likeness (QED) is 0.424. The molecule has 0 saturated heterocycles. The molecule has 0 saturated carbocycles. The second kappa shape index (κ2) is 14.6. The first-order valence-corrected chi connectivity index (χ1v) is 9.58. The van der Waals surface area contributed by atoms with E-state index in [-0.39, 0.29) is 0 Å². The summed E-state index contributed by atoms with van der Waals surface area (Å²) in [4.78, 5) is 0. The summed E-state index contributed by atoms with van der Waals surface area (Å²) in [5.41, 5.74) is 8.14. The molecule has 0 unspecified atom stereocenters. The Labute approximate surface area is 168 Å². The average molecular weight is 363 g/mol. The zero-order chi connectivity index (χ0) is 21.6. The van der Waals surface area contributed by atoms with E-state index in [1.807, 2.05) is 66.7 Å². The smallest absolute Gasteiger partial charge is 0.0189 e. The van der Waals surface area contributed by atoms with Gasteiger partial charge in [-0.25, -0.2) is 0 Å². The van der Waals surface area contributed by atoms with Gasteiger partial charge < -0.3 is 0 Å². The van der Waals surface area contributed by atoms with Gasteiger partial charge in [0.05, 0.1) is 0 Å². The fourth-order valence-corrected chi connectivity index (χ4v) is 1.88. The topological polar surface area (TPSA) is 0 Å². The van der Waals surface area contributed by atoms with Crippen LogP contribution in [0.5, 0.6) is 0 Å².